The largest absolute Gasteiger partial charge is 0.416 e. The zero-order chi connectivity index (χ0) is 18.6. The minimum absolute atomic E-state index is 0.00917. The molecule has 0 spiro atoms. The van der Waals surface area contributed by atoms with E-state index in [4.69, 9.17) is 12.2 Å². The third kappa shape index (κ3) is 5.19. The molecule has 2 N–H and O–H groups in total. The van der Waals surface area contributed by atoms with Crippen LogP contribution in [0.2, 0.25) is 0 Å². The molecule has 0 bridgehead atoms. The second kappa shape index (κ2) is 7.87. The highest BCUT2D eigenvalue weighted by atomic mass is 32.1. The quantitative estimate of drug-likeness (QED) is 0.673. The molecule has 0 saturated heterocycles. The Morgan fingerprint density at radius 1 is 1.08 bits per heavy atom. The molecular weight excluding hydrogens is 345 g/mol. The first-order chi connectivity index (χ1) is 11.7. The number of hydrogen-bond donors (Lipinski definition) is 2. The van der Waals surface area contributed by atoms with E-state index in [1.807, 2.05) is 26.8 Å². The molecule has 2 nitrogen and oxygen atoms in total. The average Bonchev–Trinajstić information content (AvgIpc) is 2.55. The summed E-state index contributed by atoms with van der Waals surface area (Å²) in [5.41, 5.74) is 3.10. The minimum Gasteiger partial charge on any atom is -0.356 e. The molecule has 0 aliphatic heterocycles. The van der Waals surface area contributed by atoms with Crippen molar-refractivity contribution in [2.24, 2.45) is 0 Å². The summed E-state index contributed by atoms with van der Waals surface area (Å²) in [6, 6.07) is 11.2. The lowest BCUT2D eigenvalue weighted by Crippen LogP contribution is -2.32. The van der Waals surface area contributed by atoms with Crippen LogP contribution in [0.3, 0.4) is 0 Å². The van der Waals surface area contributed by atoms with E-state index in [-0.39, 0.29) is 6.04 Å². The molecule has 0 aliphatic carbocycles. The maximum atomic E-state index is 12.8. The highest BCUT2D eigenvalue weighted by Gasteiger charge is 2.30. The van der Waals surface area contributed by atoms with Crippen molar-refractivity contribution in [3.05, 3.63) is 64.7 Å². The van der Waals surface area contributed by atoms with Gasteiger partial charge in [0, 0.05) is 5.69 Å². The van der Waals surface area contributed by atoms with E-state index in [1.54, 1.807) is 6.07 Å². The van der Waals surface area contributed by atoms with Gasteiger partial charge in [0.15, 0.2) is 5.11 Å². The molecule has 0 aliphatic rings. The van der Waals surface area contributed by atoms with Crippen molar-refractivity contribution in [2.75, 3.05) is 5.32 Å². The maximum Gasteiger partial charge on any atom is 0.416 e. The Balaban J connectivity index is 2.09. The lowest BCUT2D eigenvalue weighted by Gasteiger charge is -2.21. The molecule has 0 heterocycles. The summed E-state index contributed by atoms with van der Waals surface area (Å²) in [5.74, 6) is 0. The first-order valence-corrected chi connectivity index (χ1v) is 8.43. The molecule has 0 aromatic heterocycles. The van der Waals surface area contributed by atoms with Crippen molar-refractivity contribution < 1.29 is 13.2 Å². The number of nitrogens with one attached hydrogen (secondary N) is 2. The fraction of sp³-hybridized carbons (Fsp3) is 0.316. The number of thiocarbonyl (C=S) groups is 1. The van der Waals surface area contributed by atoms with Crippen LogP contribution in [0.15, 0.2) is 42.5 Å². The predicted molar refractivity (Wildman–Crippen MR) is 99.7 cm³/mol. The number of rotatable bonds is 4. The van der Waals surface area contributed by atoms with Gasteiger partial charge in [0.25, 0.3) is 0 Å². The van der Waals surface area contributed by atoms with Crippen LogP contribution in [0.1, 0.15) is 41.6 Å². The first-order valence-electron chi connectivity index (χ1n) is 8.02. The molecule has 1 atom stereocenters. The predicted octanol–water partition coefficient (Wildman–Crippen LogP) is 5.76. The number of hydrogen-bond acceptors (Lipinski definition) is 1. The summed E-state index contributed by atoms with van der Waals surface area (Å²) in [6.45, 7) is 6.12. The van der Waals surface area contributed by atoms with Crippen LogP contribution in [0.4, 0.5) is 18.9 Å². The van der Waals surface area contributed by atoms with Crippen LogP contribution in [-0.2, 0) is 6.18 Å². The summed E-state index contributed by atoms with van der Waals surface area (Å²) in [5, 5.41) is 6.31. The summed E-state index contributed by atoms with van der Waals surface area (Å²) in [6.07, 6.45) is -3.58. The zero-order valence-corrected chi connectivity index (χ0v) is 15.2. The van der Waals surface area contributed by atoms with Crippen LogP contribution in [0, 0.1) is 13.8 Å². The van der Waals surface area contributed by atoms with Gasteiger partial charge in [-0.1, -0.05) is 31.2 Å². The molecule has 0 saturated carbocycles. The van der Waals surface area contributed by atoms with Crippen molar-refractivity contribution in [3.8, 4) is 0 Å². The van der Waals surface area contributed by atoms with Gasteiger partial charge in [0.1, 0.15) is 0 Å². The van der Waals surface area contributed by atoms with E-state index in [0.29, 0.717) is 10.8 Å². The number of benzene rings is 2. The molecule has 2 aromatic carbocycles. The number of aryl methyl sites for hydroxylation is 2. The topological polar surface area (TPSA) is 24.1 Å². The Morgan fingerprint density at radius 3 is 2.40 bits per heavy atom. The fourth-order valence-electron chi connectivity index (χ4n) is 2.50. The Bertz CT molecular complexity index is 757. The van der Waals surface area contributed by atoms with E-state index in [1.165, 1.54) is 17.2 Å². The van der Waals surface area contributed by atoms with Crippen molar-refractivity contribution in [1.29, 1.82) is 0 Å². The van der Waals surface area contributed by atoms with Gasteiger partial charge in [-0.25, -0.2) is 0 Å². The van der Waals surface area contributed by atoms with Crippen molar-refractivity contribution in [1.82, 2.24) is 5.32 Å². The highest BCUT2D eigenvalue weighted by Crippen LogP contribution is 2.30. The monoisotopic (exact) mass is 366 g/mol. The van der Waals surface area contributed by atoms with Crippen LogP contribution >= 0.6 is 12.2 Å². The highest BCUT2D eigenvalue weighted by molar-refractivity contribution is 7.80. The van der Waals surface area contributed by atoms with Crippen LogP contribution in [-0.4, -0.2) is 5.11 Å². The third-order valence-corrected chi connectivity index (χ3v) is 4.31. The third-order valence-electron chi connectivity index (χ3n) is 4.09. The van der Waals surface area contributed by atoms with Crippen molar-refractivity contribution in [2.45, 2.75) is 39.4 Å². The van der Waals surface area contributed by atoms with Gasteiger partial charge >= 0.3 is 6.18 Å². The van der Waals surface area contributed by atoms with Gasteiger partial charge in [-0.15, -0.1) is 0 Å². The maximum absolute atomic E-state index is 12.8. The van der Waals surface area contributed by atoms with Gasteiger partial charge in [-0.2, -0.15) is 13.2 Å². The summed E-state index contributed by atoms with van der Waals surface area (Å²) < 4.78 is 38.4. The summed E-state index contributed by atoms with van der Waals surface area (Å²) in [4.78, 5) is 0. The van der Waals surface area contributed by atoms with Gasteiger partial charge in [0.05, 0.1) is 11.6 Å². The fourth-order valence-corrected chi connectivity index (χ4v) is 2.76. The normalized spacial score (nSPS) is 12.6. The van der Waals surface area contributed by atoms with Crippen LogP contribution in [0.25, 0.3) is 0 Å². The summed E-state index contributed by atoms with van der Waals surface area (Å²) in [7, 11) is 0. The van der Waals surface area contributed by atoms with Gasteiger partial charge in [0.2, 0.25) is 0 Å². The van der Waals surface area contributed by atoms with E-state index in [0.717, 1.165) is 24.1 Å². The number of alkyl halides is 3. The Hall–Kier alpha value is -2.08. The van der Waals surface area contributed by atoms with Gasteiger partial charge in [-0.3, -0.25) is 0 Å². The smallest absolute Gasteiger partial charge is 0.356 e. The van der Waals surface area contributed by atoms with Gasteiger partial charge in [-0.05, 0) is 67.4 Å². The number of halogens is 3. The van der Waals surface area contributed by atoms with Gasteiger partial charge < -0.3 is 10.6 Å². The molecule has 25 heavy (non-hydrogen) atoms. The second-order valence-corrected chi connectivity index (χ2v) is 6.39. The first kappa shape index (κ1) is 19.2. The van der Waals surface area contributed by atoms with E-state index >= 15 is 0 Å². The zero-order valence-electron chi connectivity index (χ0n) is 14.4. The summed E-state index contributed by atoms with van der Waals surface area (Å²) >= 11 is 5.27. The Labute approximate surface area is 151 Å². The molecular formula is C19H21F3N2S. The lowest BCUT2D eigenvalue weighted by molar-refractivity contribution is -0.137. The van der Waals surface area contributed by atoms with Crippen molar-refractivity contribution in [3.63, 3.8) is 0 Å². The molecule has 0 unspecified atom stereocenters. The van der Waals surface area contributed by atoms with Crippen LogP contribution < -0.4 is 10.6 Å². The van der Waals surface area contributed by atoms with Crippen molar-refractivity contribution >= 4 is 23.0 Å². The van der Waals surface area contributed by atoms with E-state index < -0.39 is 11.7 Å². The Kier molecular flexibility index (Phi) is 6.06. The standard InChI is InChI=1S/C19H21F3N2S/c1-4-17(14-9-8-12(2)13(3)10-14)24-18(25)23-16-7-5-6-15(11-16)19(20,21)22/h5-11,17H,4H2,1-3H3,(H2,23,24,25)/t17-/m1/s1. The van der Waals surface area contributed by atoms with E-state index in [9.17, 15) is 13.2 Å². The SMILES string of the molecule is CC[C@@H](NC(=S)Nc1cccc(C(F)(F)F)c1)c1ccc(C)c(C)c1. The molecule has 6 heteroatoms. The molecule has 2 rings (SSSR count). The minimum atomic E-state index is -4.38. The second-order valence-electron chi connectivity index (χ2n) is 5.98. The molecule has 134 valence electrons. The number of anilines is 1. The molecule has 0 radical (unpaired) electrons. The van der Waals surface area contributed by atoms with Crippen LogP contribution in [0.5, 0.6) is 0 Å². The molecule has 2 aromatic rings. The average molecular weight is 366 g/mol. The lowest BCUT2D eigenvalue weighted by atomic mass is 9.99. The molecule has 0 amide bonds. The van der Waals surface area contributed by atoms with E-state index in [2.05, 4.69) is 22.8 Å². The Morgan fingerprint density at radius 2 is 1.80 bits per heavy atom. The molecule has 0 fully saturated rings.